The van der Waals surface area contributed by atoms with Crippen LogP contribution >= 0.6 is 0 Å². The first-order valence-corrected chi connectivity index (χ1v) is 18.9. The molecule has 0 unspecified atom stereocenters. The Morgan fingerprint density at radius 1 is 0.400 bits per heavy atom. The molecule has 0 saturated carbocycles. The molecule has 8 heterocycles. The molecule has 0 atom stereocenters. The van der Waals surface area contributed by atoms with Crippen molar-refractivity contribution in [3.8, 4) is 11.4 Å². The molecule has 5 nitrogen and oxygen atoms in total. The number of carbonyl (C=O) groups is 1. The Morgan fingerprint density at radius 3 is 1.49 bits per heavy atom. The van der Waals surface area contributed by atoms with Gasteiger partial charge in [0.15, 0.2) is 16.6 Å². The molecule has 0 saturated heterocycles. The van der Waals surface area contributed by atoms with E-state index in [1.807, 2.05) is 60.7 Å². The topological polar surface area (TPSA) is 61.1 Å². The number of nitrogens with zero attached hydrogens (tertiary/aromatic N) is 2. The van der Waals surface area contributed by atoms with E-state index >= 15 is 0 Å². The molecule has 8 heteroatoms. The third-order valence-electron chi connectivity index (χ3n) is 14.1. The molecule has 7 aromatic carbocycles. The predicted octanol–water partition coefficient (Wildman–Crippen LogP) is 1.32. The first-order chi connectivity index (χ1) is 27.0. The van der Waals surface area contributed by atoms with Crippen LogP contribution in [0.4, 0.5) is 0 Å². The van der Waals surface area contributed by atoms with Crippen molar-refractivity contribution in [1.29, 1.82) is 0 Å². The molecule has 0 bridgehead atoms. The molecule has 0 amide bonds. The third-order valence-corrected chi connectivity index (χ3v) is 14.1. The molecule has 0 N–H and O–H groups in total. The van der Waals surface area contributed by atoms with Crippen LogP contribution in [0.2, 0.25) is 0 Å². The predicted molar refractivity (Wildman–Crippen MR) is 226 cm³/mol. The molecule has 246 valence electrons. The fraction of sp³-hybridized carbons (Fsp3) is 0. The Kier molecular flexibility index (Phi) is 4.30. The highest BCUT2D eigenvalue weighted by atomic mass is 16.1. The number of carbonyl (C=O) groups excluding carboxylic acids is 1. The van der Waals surface area contributed by atoms with Crippen molar-refractivity contribution in [3.63, 3.8) is 0 Å². The van der Waals surface area contributed by atoms with Crippen molar-refractivity contribution in [3.05, 3.63) is 165 Å². The zero-order chi connectivity index (χ0) is 35.9. The largest absolute Gasteiger partial charge is 0.311 e. The molecule has 0 fully saturated rings. The first-order valence-electron chi connectivity index (χ1n) is 18.9. The fourth-order valence-electron chi connectivity index (χ4n) is 12.2. The minimum Gasteiger partial charge on any atom is -0.311 e. The van der Waals surface area contributed by atoms with E-state index in [1.54, 1.807) is 0 Å². The zero-order valence-corrected chi connectivity index (χ0v) is 29.0. The summed E-state index contributed by atoms with van der Waals surface area (Å²) in [4.78, 5) is 43.9. The van der Waals surface area contributed by atoms with Crippen LogP contribution in [0, 0.1) is 0 Å². The van der Waals surface area contributed by atoms with Crippen LogP contribution in [-0.4, -0.2) is 35.1 Å². The Labute approximate surface area is 313 Å². The third kappa shape index (κ3) is 2.68. The standard InChI is InChI=1S/C47H21B3N2O3/c1-21-22-8-2-4-12-30(22)48-34-20-35-44-38-43(34)51-39-26(46(54)28-18-16-23(21)36(48)41(28)51)10-6-14-32(39)50(38)33-15-7-11-27-40(33)52(44)42-29(47(27)55)19-17-25-37(42)49(35)31-13-5-3-9-24(31)45(25)53/h2-20H,1H2. The number of hydrogen-bond donors (Lipinski definition) is 0. The van der Waals surface area contributed by atoms with Crippen molar-refractivity contribution >= 4 is 124 Å². The Hall–Kier alpha value is -6.92. The van der Waals surface area contributed by atoms with Crippen LogP contribution in [0.25, 0.3) is 60.6 Å². The Morgan fingerprint density at radius 2 is 0.873 bits per heavy atom. The monoisotopic (exact) mass is 694 g/mol. The van der Waals surface area contributed by atoms with Crippen LogP contribution in [0.3, 0.4) is 0 Å². The van der Waals surface area contributed by atoms with E-state index in [2.05, 4.69) is 70.3 Å². The highest BCUT2D eigenvalue weighted by Crippen LogP contribution is 2.38. The molecule has 6 aliphatic rings. The number of fused-ring (bicyclic) bond motifs is 8. The number of ketones is 1. The van der Waals surface area contributed by atoms with Gasteiger partial charge in [0.25, 0.3) is 6.71 Å². The van der Waals surface area contributed by atoms with Gasteiger partial charge in [-0.3, -0.25) is 14.4 Å². The van der Waals surface area contributed by atoms with Gasteiger partial charge in [-0.2, -0.15) is 0 Å². The summed E-state index contributed by atoms with van der Waals surface area (Å²) in [5, 5.41) is 2.72. The van der Waals surface area contributed by atoms with E-state index in [-0.39, 0.29) is 36.8 Å². The number of benzene rings is 7. The van der Waals surface area contributed by atoms with Crippen LogP contribution in [0.5, 0.6) is 0 Å². The quantitative estimate of drug-likeness (QED) is 0.178. The van der Waals surface area contributed by atoms with Gasteiger partial charge in [-0.1, -0.05) is 109 Å². The average Bonchev–Trinajstić information content (AvgIpc) is 3.22. The fourth-order valence-corrected chi connectivity index (χ4v) is 12.2. The van der Waals surface area contributed by atoms with Crippen molar-refractivity contribution in [2.24, 2.45) is 0 Å². The molecule has 2 aromatic heterocycles. The maximum atomic E-state index is 14.7. The number of aromatic nitrogens is 2. The lowest BCUT2D eigenvalue weighted by atomic mass is 9.25. The second-order valence-electron chi connectivity index (χ2n) is 16.1. The van der Waals surface area contributed by atoms with Crippen molar-refractivity contribution < 1.29 is 4.79 Å². The minimum absolute atomic E-state index is 0.000855. The highest BCUT2D eigenvalue weighted by molar-refractivity contribution is 7.06. The maximum absolute atomic E-state index is 14.7. The van der Waals surface area contributed by atoms with Crippen LogP contribution in [0.15, 0.2) is 131 Å². The summed E-state index contributed by atoms with van der Waals surface area (Å²) in [5.74, 6) is -0.000855. The zero-order valence-electron chi connectivity index (χ0n) is 29.0. The highest BCUT2D eigenvalue weighted by Gasteiger charge is 2.51. The van der Waals surface area contributed by atoms with E-state index in [1.165, 1.54) is 16.4 Å². The maximum Gasteiger partial charge on any atom is 0.252 e. The summed E-state index contributed by atoms with van der Waals surface area (Å²) in [6.45, 7) is 4.02. The second kappa shape index (κ2) is 8.56. The SMILES string of the molecule is C=C1c2ccccc2B2c3cc4c5c6c3-n3c7c(cccc7c(=O)c7ccc1c2c73)B6c1cccc2c(=O)c3ccc6c(c3n-5c12)B4c1ccccc1C6=O. The molecular formula is C47H21B3N2O3. The van der Waals surface area contributed by atoms with E-state index in [0.717, 1.165) is 82.9 Å². The molecule has 6 aliphatic heterocycles. The summed E-state index contributed by atoms with van der Waals surface area (Å²) in [7, 11) is 0. The molecular weight excluding hydrogens is 673 g/mol. The summed E-state index contributed by atoms with van der Waals surface area (Å²) >= 11 is 0. The lowest BCUT2D eigenvalue weighted by Crippen LogP contribution is -2.72. The van der Waals surface area contributed by atoms with Gasteiger partial charge in [0.05, 0.1) is 22.1 Å². The van der Waals surface area contributed by atoms with E-state index in [4.69, 9.17) is 0 Å². The first kappa shape index (κ1) is 27.7. The van der Waals surface area contributed by atoms with Crippen LogP contribution in [-0.2, 0) is 0 Å². The lowest BCUT2D eigenvalue weighted by molar-refractivity contribution is 0.104. The van der Waals surface area contributed by atoms with Gasteiger partial charge in [0.2, 0.25) is 13.4 Å². The average molecular weight is 694 g/mol. The molecule has 15 rings (SSSR count). The lowest BCUT2D eigenvalue weighted by Gasteiger charge is -2.45. The Balaban J connectivity index is 1.27. The molecule has 9 aromatic rings. The molecule has 0 radical (unpaired) electrons. The second-order valence-corrected chi connectivity index (χ2v) is 16.1. The summed E-state index contributed by atoms with van der Waals surface area (Å²) in [5.41, 5.74) is 20.3. The van der Waals surface area contributed by atoms with E-state index in [9.17, 15) is 14.4 Å². The number of para-hydroxylation sites is 2. The van der Waals surface area contributed by atoms with Gasteiger partial charge < -0.3 is 9.13 Å². The van der Waals surface area contributed by atoms with Gasteiger partial charge in [-0.25, -0.2) is 0 Å². The van der Waals surface area contributed by atoms with Gasteiger partial charge in [-0.05, 0) is 79.2 Å². The molecule has 0 aliphatic carbocycles. The van der Waals surface area contributed by atoms with Crippen LogP contribution < -0.4 is 60.0 Å². The van der Waals surface area contributed by atoms with E-state index < -0.39 is 0 Å². The molecule has 55 heavy (non-hydrogen) atoms. The number of rotatable bonds is 0. The van der Waals surface area contributed by atoms with Crippen molar-refractivity contribution in [1.82, 2.24) is 9.13 Å². The molecule has 0 spiro atoms. The van der Waals surface area contributed by atoms with Gasteiger partial charge in [0, 0.05) is 44.0 Å². The summed E-state index contributed by atoms with van der Waals surface area (Å²) in [6.07, 6.45) is 0. The van der Waals surface area contributed by atoms with Gasteiger partial charge >= 0.3 is 0 Å². The summed E-state index contributed by atoms with van der Waals surface area (Å²) < 4.78 is 4.78. The normalized spacial score (nSPS) is 15.0. The summed E-state index contributed by atoms with van der Waals surface area (Å²) in [6, 6.07) is 39.3. The minimum atomic E-state index is -0.261. The van der Waals surface area contributed by atoms with E-state index in [0.29, 0.717) is 32.7 Å². The number of hydrogen-bond acceptors (Lipinski definition) is 3. The smallest absolute Gasteiger partial charge is 0.252 e. The Bertz CT molecular complexity index is 3490. The van der Waals surface area contributed by atoms with Crippen LogP contribution in [0.1, 0.15) is 27.0 Å². The van der Waals surface area contributed by atoms with Crippen molar-refractivity contribution in [2.45, 2.75) is 0 Å². The number of pyridine rings is 2. The van der Waals surface area contributed by atoms with Gasteiger partial charge in [0.1, 0.15) is 0 Å². The van der Waals surface area contributed by atoms with Crippen molar-refractivity contribution in [2.75, 3.05) is 0 Å². The van der Waals surface area contributed by atoms with Gasteiger partial charge in [-0.15, -0.1) is 0 Å².